The molecule has 1 aliphatic heterocycles. The van der Waals surface area contributed by atoms with Gasteiger partial charge in [0, 0.05) is 42.1 Å². The fourth-order valence-corrected chi connectivity index (χ4v) is 7.45. The van der Waals surface area contributed by atoms with E-state index in [4.69, 9.17) is 14.2 Å². The fourth-order valence-electron chi connectivity index (χ4n) is 5.46. The van der Waals surface area contributed by atoms with Gasteiger partial charge in [0.1, 0.15) is 38.3 Å². The third kappa shape index (κ3) is 8.83. The zero-order valence-corrected chi connectivity index (χ0v) is 32.0. The second-order valence-corrected chi connectivity index (χ2v) is 15.9. The van der Waals surface area contributed by atoms with Crippen LogP contribution in [-0.4, -0.2) is 105 Å². The number of nitrogens with zero attached hydrogens (tertiary/aromatic N) is 8. The summed E-state index contributed by atoms with van der Waals surface area (Å²) in [5.74, 6) is -2.31. The number of azo groups is 2. The van der Waals surface area contributed by atoms with Gasteiger partial charge in [0.2, 0.25) is 11.9 Å². The van der Waals surface area contributed by atoms with Crippen LogP contribution >= 0.6 is 0 Å². The van der Waals surface area contributed by atoms with Crippen molar-refractivity contribution in [3.8, 4) is 23.0 Å². The van der Waals surface area contributed by atoms with Crippen molar-refractivity contribution in [1.82, 2.24) is 15.0 Å². The van der Waals surface area contributed by atoms with Gasteiger partial charge in [0.05, 0.1) is 38.0 Å². The maximum Gasteiger partial charge on any atom is 0.315 e. The van der Waals surface area contributed by atoms with Gasteiger partial charge in [-0.05, 0) is 30.3 Å². The van der Waals surface area contributed by atoms with Gasteiger partial charge < -0.3 is 34.6 Å². The molecule has 306 valence electrons. The Labute approximate surface area is 326 Å². The molecule has 2 heterocycles. The van der Waals surface area contributed by atoms with Gasteiger partial charge in [0.15, 0.2) is 17.2 Å². The third-order valence-corrected chi connectivity index (χ3v) is 10.8. The summed E-state index contributed by atoms with van der Waals surface area (Å²) in [5, 5.41) is 38.6. The molecule has 1 aliphatic rings. The van der Waals surface area contributed by atoms with E-state index in [-0.39, 0.29) is 34.5 Å². The lowest BCUT2D eigenvalue weighted by Gasteiger charge is -2.26. The number of ether oxygens (including phenoxy) is 3. The molecule has 0 bridgehead atoms. The lowest BCUT2D eigenvalue weighted by Crippen LogP contribution is -2.37. The number of nitrogens with one attached hydrogen (secondary N) is 1. The first-order valence-corrected chi connectivity index (χ1v) is 20.3. The van der Waals surface area contributed by atoms with Crippen LogP contribution in [0.15, 0.2) is 83.7 Å². The molecule has 1 aromatic heterocycles. The summed E-state index contributed by atoms with van der Waals surface area (Å²) in [6.45, 7) is 1.18. The largest absolute Gasteiger partial charge is 0.506 e. The number of phenolic OH excluding ortho intramolecular Hbond substituents is 2. The van der Waals surface area contributed by atoms with E-state index in [1.807, 2.05) is 0 Å². The van der Waals surface area contributed by atoms with E-state index in [0.29, 0.717) is 38.4 Å². The minimum absolute atomic E-state index is 0.0291. The van der Waals surface area contributed by atoms with E-state index in [0.717, 1.165) is 24.3 Å². The first-order chi connectivity index (χ1) is 27.3. The SMILES string of the molecule is COc1cc(N=Nc2ccc(S(=O)(=O)O)cc2O)c(N=Nc2c(S(=O)(=O)O)cc3c(S(=O)(=O)O)c(Nc4nc(F)nc(N5CCOCC5)n4)ccc3c2O)cc1OC. The first kappa shape index (κ1) is 41.4. The molecule has 0 atom stereocenters. The van der Waals surface area contributed by atoms with Crippen molar-refractivity contribution in [2.45, 2.75) is 14.7 Å². The van der Waals surface area contributed by atoms with Crippen molar-refractivity contribution < 1.29 is 67.7 Å². The number of aromatic nitrogens is 3. The number of fused-ring (bicyclic) bond motifs is 1. The molecule has 1 fully saturated rings. The summed E-state index contributed by atoms with van der Waals surface area (Å²) in [6.07, 6.45) is -1.25. The highest BCUT2D eigenvalue weighted by atomic mass is 32.2. The van der Waals surface area contributed by atoms with E-state index in [9.17, 15) is 53.5 Å². The normalized spacial score (nSPS) is 14.1. The van der Waals surface area contributed by atoms with Crippen molar-refractivity contribution >= 4 is 81.5 Å². The summed E-state index contributed by atoms with van der Waals surface area (Å²) < 4.78 is 134. The molecule has 0 spiro atoms. The molecule has 58 heavy (non-hydrogen) atoms. The summed E-state index contributed by atoms with van der Waals surface area (Å²) in [5.41, 5.74) is -2.20. The van der Waals surface area contributed by atoms with E-state index in [1.54, 1.807) is 4.90 Å². The Balaban J connectivity index is 1.47. The monoisotopic (exact) mass is 865 g/mol. The van der Waals surface area contributed by atoms with Crippen LogP contribution < -0.4 is 19.7 Å². The molecule has 0 radical (unpaired) electrons. The lowest BCUT2D eigenvalue weighted by atomic mass is 10.1. The van der Waals surface area contributed by atoms with Gasteiger partial charge in [0.25, 0.3) is 30.4 Å². The number of hydrogen-bond acceptors (Lipinski definition) is 20. The molecule has 27 heteroatoms. The molecule has 0 unspecified atom stereocenters. The molecule has 6 N–H and O–H groups in total. The lowest BCUT2D eigenvalue weighted by molar-refractivity contribution is 0.122. The maximum atomic E-state index is 14.5. The Morgan fingerprint density at radius 3 is 1.93 bits per heavy atom. The Kier molecular flexibility index (Phi) is 11.4. The number of methoxy groups -OCH3 is 2. The number of benzene rings is 4. The predicted molar refractivity (Wildman–Crippen MR) is 197 cm³/mol. The van der Waals surface area contributed by atoms with Gasteiger partial charge in [-0.3, -0.25) is 13.7 Å². The number of phenols is 2. The molecule has 5 aromatic rings. The molecule has 23 nitrogen and oxygen atoms in total. The van der Waals surface area contributed by atoms with Crippen LogP contribution in [0.1, 0.15) is 0 Å². The second kappa shape index (κ2) is 16.0. The molecular formula is C31H28FN9O14S3. The zero-order chi connectivity index (χ0) is 42.2. The van der Waals surface area contributed by atoms with Gasteiger partial charge in [-0.1, -0.05) is 0 Å². The van der Waals surface area contributed by atoms with Crippen LogP contribution in [0.4, 0.5) is 44.7 Å². The number of hydrogen-bond donors (Lipinski definition) is 6. The van der Waals surface area contributed by atoms with Crippen LogP contribution in [-0.2, 0) is 35.1 Å². The van der Waals surface area contributed by atoms with Crippen molar-refractivity contribution in [2.75, 3.05) is 50.7 Å². The topological polar surface area (TPSA) is 335 Å². The van der Waals surface area contributed by atoms with Gasteiger partial charge in [-0.25, -0.2) is 0 Å². The minimum atomic E-state index is -5.39. The molecule has 1 saturated heterocycles. The molecule has 0 amide bonds. The number of rotatable bonds is 12. The number of anilines is 3. The molecule has 6 rings (SSSR count). The Bertz CT molecular complexity index is 2860. The van der Waals surface area contributed by atoms with Crippen LogP contribution in [0.25, 0.3) is 10.8 Å². The van der Waals surface area contributed by atoms with Crippen LogP contribution in [0.3, 0.4) is 0 Å². The number of halogens is 1. The molecule has 0 aliphatic carbocycles. The predicted octanol–water partition coefficient (Wildman–Crippen LogP) is 4.74. The smallest absolute Gasteiger partial charge is 0.315 e. The van der Waals surface area contributed by atoms with Crippen molar-refractivity contribution in [1.29, 1.82) is 0 Å². The van der Waals surface area contributed by atoms with E-state index in [1.165, 1.54) is 26.4 Å². The molecule has 4 aromatic carbocycles. The summed E-state index contributed by atoms with van der Waals surface area (Å²) in [4.78, 5) is 9.97. The Morgan fingerprint density at radius 2 is 1.36 bits per heavy atom. The average Bonchev–Trinajstić information content (AvgIpc) is 3.15. The van der Waals surface area contributed by atoms with E-state index >= 15 is 0 Å². The number of morpholine rings is 1. The fraction of sp³-hybridized carbons (Fsp3) is 0.194. The maximum absolute atomic E-state index is 14.5. The van der Waals surface area contributed by atoms with Gasteiger partial charge in [-0.2, -0.15) is 44.6 Å². The summed E-state index contributed by atoms with van der Waals surface area (Å²) >= 11 is 0. The van der Waals surface area contributed by atoms with Gasteiger partial charge >= 0.3 is 6.08 Å². The van der Waals surface area contributed by atoms with E-state index < -0.39 is 90.7 Å². The summed E-state index contributed by atoms with van der Waals surface area (Å²) in [6, 6.07) is 7.73. The van der Waals surface area contributed by atoms with E-state index in [2.05, 4.69) is 40.7 Å². The Morgan fingerprint density at radius 1 is 0.741 bits per heavy atom. The summed E-state index contributed by atoms with van der Waals surface area (Å²) in [7, 11) is -12.9. The highest BCUT2D eigenvalue weighted by molar-refractivity contribution is 7.86. The van der Waals surface area contributed by atoms with Crippen molar-refractivity contribution in [3.63, 3.8) is 0 Å². The van der Waals surface area contributed by atoms with Crippen molar-refractivity contribution in [2.24, 2.45) is 20.5 Å². The minimum Gasteiger partial charge on any atom is -0.506 e. The average molecular weight is 866 g/mol. The van der Waals surface area contributed by atoms with Crippen LogP contribution in [0.5, 0.6) is 23.0 Å². The quantitative estimate of drug-likeness (QED) is 0.0728. The molecular weight excluding hydrogens is 838 g/mol. The van der Waals surface area contributed by atoms with Gasteiger partial charge in [-0.15, -0.1) is 20.5 Å². The highest BCUT2D eigenvalue weighted by Gasteiger charge is 2.29. The zero-order valence-electron chi connectivity index (χ0n) is 29.5. The second-order valence-electron chi connectivity index (χ2n) is 11.7. The van der Waals surface area contributed by atoms with Crippen molar-refractivity contribution in [3.05, 3.63) is 54.6 Å². The molecule has 0 saturated carbocycles. The standard InChI is InChI=1S/C31H28FN9O14S3/c1-53-23-13-20(38-37-18-5-3-15(11-22(18)42)56(44,45)46)21(14-24(23)54-2)39-40-26-25(57(47,48)49)12-17-16(27(26)43)4-6-19(28(17)58(50,51)52)33-30-34-29(32)35-31(36-30)41-7-9-55-10-8-41/h3-6,11-14,42-43H,7-10H2,1-2H3,(H,44,45,46)(H,47,48,49)(H,50,51,52)(H,33,34,35,36). The number of aromatic hydroxyl groups is 2. The first-order valence-electron chi connectivity index (χ1n) is 16.0. The highest BCUT2D eigenvalue weighted by Crippen LogP contribution is 2.47. The van der Waals surface area contributed by atoms with Crippen LogP contribution in [0, 0.1) is 6.08 Å². The Hall–Kier alpha value is -6.23. The van der Waals surface area contributed by atoms with Crippen LogP contribution in [0.2, 0.25) is 0 Å². The third-order valence-electron chi connectivity index (χ3n) is 8.11.